The van der Waals surface area contributed by atoms with Crippen molar-refractivity contribution >= 4 is 11.6 Å². The molecule has 0 radical (unpaired) electrons. The van der Waals surface area contributed by atoms with E-state index in [2.05, 4.69) is 5.32 Å². The topological polar surface area (TPSA) is 32.3 Å². The molecule has 3 nitrogen and oxygen atoms in total. The summed E-state index contributed by atoms with van der Waals surface area (Å²) in [5.41, 5.74) is 0.709. The lowest BCUT2D eigenvalue weighted by atomic mass is 10.1. The Bertz CT molecular complexity index is 434. The van der Waals surface area contributed by atoms with Crippen molar-refractivity contribution in [2.45, 2.75) is 39.7 Å². The molecule has 1 rings (SSSR count). The van der Waals surface area contributed by atoms with Gasteiger partial charge in [-0.25, -0.2) is 4.39 Å². The van der Waals surface area contributed by atoms with Crippen molar-refractivity contribution in [1.82, 2.24) is 4.90 Å². The summed E-state index contributed by atoms with van der Waals surface area (Å²) in [6, 6.07) is 4.75. The van der Waals surface area contributed by atoms with Crippen molar-refractivity contribution in [2.24, 2.45) is 0 Å². The molecule has 0 spiro atoms. The van der Waals surface area contributed by atoms with Crippen molar-refractivity contribution in [2.75, 3.05) is 18.9 Å². The molecule has 1 aromatic rings. The Balaban J connectivity index is 3.05. The first-order valence-corrected chi connectivity index (χ1v) is 6.82. The van der Waals surface area contributed by atoms with Gasteiger partial charge in [-0.2, -0.15) is 0 Å². The van der Waals surface area contributed by atoms with Gasteiger partial charge in [-0.1, -0.05) is 19.9 Å². The van der Waals surface area contributed by atoms with Crippen LogP contribution in [-0.4, -0.2) is 30.4 Å². The van der Waals surface area contributed by atoms with Gasteiger partial charge in [-0.15, -0.1) is 0 Å². The highest BCUT2D eigenvalue weighted by Crippen LogP contribution is 2.22. The Morgan fingerprint density at radius 1 is 1.42 bits per heavy atom. The molecule has 0 aromatic heterocycles. The molecule has 1 N–H and O–H groups in total. The van der Waals surface area contributed by atoms with Crippen LogP contribution in [-0.2, 0) is 0 Å². The second-order valence-corrected chi connectivity index (χ2v) is 4.76. The zero-order chi connectivity index (χ0) is 14.4. The van der Waals surface area contributed by atoms with E-state index in [-0.39, 0.29) is 17.8 Å². The molecule has 0 saturated heterocycles. The third-order valence-electron chi connectivity index (χ3n) is 3.37. The molecular weight excluding hydrogens is 243 g/mol. The molecule has 1 aromatic carbocycles. The first-order valence-electron chi connectivity index (χ1n) is 6.82. The lowest BCUT2D eigenvalue weighted by Crippen LogP contribution is -2.35. The standard InChI is InChI=1S/C15H23FN2O/c1-5-10-17-14-12(8-7-9-13(14)16)15(19)18(4)11(3)6-2/h7-9,11,17H,5-6,10H2,1-4H3. The van der Waals surface area contributed by atoms with Crippen molar-refractivity contribution in [1.29, 1.82) is 0 Å². The molecule has 1 unspecified atom stereocenters. The summed E-state index contributed by atoms with van der Waals surface area (Å²) in [5.74, 6) is -0.524. The lowest BCUT2D eigenvalue weighted by Gasteiger charge is -2.25. The van der Waals surface area contributed by atoms with Gasteiger partial charge in [0.2, 0.25) is 0 Å². The number of benzene rings is 1. The van der Waals surface area contributed by atoms with E-state index in [1.54, 1.807) is 24.1 Å². The molecule has 0 aliphatic rings. The van der Waals surface area contributed by atoms with Crippen molar-refractivity contribution < 1.29 is 9.18 Å². The van der Waals surface area contributed by atoms with E-state index < -0.39 is 0 Å². The highest BCUT2D eigenvalue weighted by Gasteiger charge is 2.20. The van der Waals surface area contributed by atoms with E-state index in [4.69, 9.17) is 0 Å². The van der Waals surface area contributed by atoms with E-state index in [1.807, 2.05) is 20.8 Å². The second-order valence-electron chi connectivity index (χ2n) is 4.76. The quantitative estimate of drug-likeness (QED) is 0.854. The molecule has 1 amide bonds. The maximum atomic E-state index is 13.8. The summed E-state index contributed by atoms with van der Waals surface area (Å²) in [4.78, 5) is 14.1. The van der Waals surface area contributed by atoms with Gasteiger partial charge in [-0.05, 0) is 31.9 Å². The van der Waals surface area contributed by atoms with E-state index in [0.717, 1.165) is 12.8 Å². The molecule has 19 heavy (non-hydrogen) atoms. The van der Waals surface area contributed by atoms with E-state index in [9.17, 15) is 9.18 Å². The predicted molar refractivity (Wildman–Crippen MR) is 77.0 cm³/mol. The molecule has 1 atom stereocenters. The Morgan fingerprint density at radius 3 is 2.68 bits per heavy atom. The van der Waals surface area contributed by atoms with Gasteiger partial charge in [-0.3, -0.25) is 4.79 Å². The molecule has 0 fully saturated rings. The average molecular weight is 266 g/mol. The number of para-hydroxylation sites is 1. The number of hydrogen-bond donors (Lipinski definition) is 1. The maximum Gasteiger partial charge on any atom is 0.256 e. The monoisotopic (exact) mass is 266 g/mol. The highest BCUT2D eigenvalue weighted by molar-refractivity contribution is 5.99. The van der Waals surface area contributed by atoms with E-state index in [0.29, 0.717) is 17.8 Å². The zero-order valence-electron chi connectivity index (χ0n) is 12.2. The van der Waals surface area contributed by atoms with Gasteiger partial charge in [0.15, 0.2) is 0 Å². The van der Waals surface area contributed by atoms with Crippen molar-refractivity contribution in [3.05, 3.63) is 29.6 Å². The number of halogens is 1. The fraction of sp³-hybridized carbons (Fsp3) is 0.533. The SMILES string of the molecule is CCCNc1c(F)cccc1C(=O)N(C)C(C)CC. The molecule has 0 bridgehead atoms. The van der Waals surface area contributed by atoms with Crippen LogP contribution >= 0.6 is 0 Å². The number of amides is 1. The molecule has 0 aliphatic heterocycles. The van der Waals surface area contributed by atoms with Crippen molar-refractivity contribution in [3.8, 4) is 0 Å². The molecule has 0 saturated carbocycles. The van der Waals surface area contributed by atoms with Crippen LogP contribution in [0.3, 0.4) is 0 Å². The third kappa shape index (κ3) is 3.69. The van der Waals surface area contributed by atoms with Crippen LogP contribution in [0.2, 0.25) is 0 Å². The van der Waals surface area contributed by atoms with E-state index in [1.165, 1.54) is 6.07 Å². The molecule has 0 heterocycles. The van der Waals surface area contributed by atoms with Gasteiger partial charge >= 0.3 is 0 Å². The average Bonchev–Trinajstić information content (AvgIpc) is 2.43. The summed E-state index contributed by atoms with van der Waals surface area (Å²) in [7, 11) is 1.75. The largest absolute Gasteiger partial charge is 0.382 e. The molecular formula is C15H23FN2O. The fourth-order valence-electron chi connectivity index (χ4n) is 1.80. The number of carbonyl (C=O) groups excluding carboxylic acids is 1. The predicted octanol–water partition coefficient (Wildman–Crippen LogP) is 3.52. The third-order valence-corrected chi connectivity index (χ3v) is 3.37. The summed E-state index contributed by atoms with van der Waals surface area (Å²) >= 11 is 0. The first kappa shape index (κ1) is 15.5. The van der Waals surface area contributed by atoms with Gasteiger partial charge in [0.1, 0.15) is 5.82 Å². The van der Waals surface area contributed by atoms with Crippen LogP contribution in [0.5, 0.6) is 0 Å². The van der Waals surface area contributed by atoms with Crippen LogP contribution in [0.4, 0.5) is 10.1 Å². The van der Waals surface area contributed by atoms with Gasteiger partial charge in [0, 0.05) is 19.6 Å². The summed E-state index contributed by atoms with van der Waals surface area (Å²) in [6.07, 6.45) is 1.75. The highest BCUT2D eigenvalue weighted by atomic mass is 19.1. The number of hydrogen-bond acceptors (Lipinski definition) is 2. The minimum Gasteiger partial charge on any atom is -0.382 e. The number of nitrogens with zero attached hydrogens (tertiary/aromatic N) is 1. The van der Waals surface area contributed by atoms with Crippen LogP contribution < -0.4 is 5.32 Å². The molecule has 4 heteroatoms. The van der Waals surface area contributed by atoms with E-state index >= 15 is 0 Å². The number of carbonyl (C=O) groups is 1. The van der Waals surface area contributed by atoms with Crippen LogP contribution in [0.15, 0.2) is 18.2 Å². The second kappa shape index (κ2) is 7.12. The van der Waals surface area contributed by atoms with Crippen molar-refractivity contribution in [3.63, 3.8) is 0 Å². The number of anilines is 1. The summed E-state index contributed by atoms with van der Waals surface area (Å²) < 4.78 is 13.8. The Hall–Kier alpha value is -1.58. The minimum absolute atomic E-state index is 0.134. The Labute approximate surface area is 114 Å². The number of nitrogens with one attached hydrogen (secondary N) is 1. The normalized spacial score (nSPS) is 12.1. The van der Waals surface area contributed by atoms with Crippen LogP contribution in [0.1, 0.15) is 44.0 Å². The first-order chi connectivity index (χ1) is 9.02. The maximum absolute atomic E-state index is 13.8. The molecule has 106 valence electrons. The Morgan fingerprint density at radius 2 is 2.11 bits per heavy atom. The smallest absolute Gasteiger partial charge is 0.256 e. The van der Waals surface area contributed by atoms with Crippen LogP contribution in [0.25, 0.3) is 0 Å². The minimum atomic E-state index is -0.378. The zero-order valence-corrected chi connectivity index (χ0v) is 12.2. The lowest BCUT2D eigenvalue weighted by molar-refractivity contribution is 0.0741. The van der Waals surface area contributed by atoms with Gasteiger partial charge < -0.3 is 10.2 Å². The fourth-order valence-corrected chi connectivity index (χ4v) is 1.80. The molecule has 0 aliphatic carbocycles. The summed E-state index contributed by atoms with van der Waals surface area (Å²) in [6.45, 7) is 6.65. The van der Waals surface area contributed by atoms with Gasteiger partial charge in [0.05, 0.1) is 11.3 Å². The van der Waals surface area contributed by atoms with Crippen LogP contribution in [0, 0.1) is 5.82 Å². The Kier molecular flexibility index (Phi) is 5.80. The summed E-state index contributed by atoms with van der Waals surface area (Å²) in [5, 5.41) is 3.00. The number of rotatable bonds is 6. The van der Waals surface area contributed by atoms with Gasteiger partial charge in [0.25, 0.3) is 5.91 Å².